The fraction of sp³-hybridized carbons (Fsp3) is 0.467. The summed E-state index contributed by atoms with van der Waals surface area (Å²) in [5.41, 5.74) is 0.983. The van der Waals surface area contributed by atoms with Crippen molar-refractivity contribution in [3.63, 3.8) is 0 Å². The molecule has 0 radical (unpaired) electrons. The van der Waals surface area contributed by atoms with Crippen LogP contribution in [0.1, 0.15) is 80.4 Å². The molecule has 2 aromatic heterocycles. The van der Waals surface area contributed by atoms with Crippen molar-refractivity contribution in [3.8, 4) is 11.8 Å². The Bertz CT molecular complexity index is 1300. The van der Waals surface area contributed by atoms with Gasteiger partial charge in [-0.15, -0.1) is 0 Å². The van der Waals surface area contributed by atoms with Gasteiger partial charge in [0.2, 0.25) is 0 Å². The lowest BCUT2D eigenvalue weighted by atomic mass is 9.62. The first kappa shape index (κ1) is 24.7. The van der Waals surface area contributed by atoms with Gasteiger partial charge in [-0.1, -0.05) is 56.9 Å². The predicted octanol–water partition coefficient (Wildman–Crippen LogP) is 4.18. The summed E-state index contributed by atoms with van der Waals surface area (Å²) in [7, 11) is 2.07. The molecule has 0 spiro atoms. The number of likely N-dealkylation sites (tertiary alicyclic amines) is 1. The first-order valence-corrected chi connectivity index (χ1v) is 12.8. The second-order valence-electron chi connectivity index (χ2n) is 11.4. The molecule has 0 amide bonds. The van der Waals surface area contributed by atoms with Crippen LogP contribution in [0.25, 0.3) is 0 Å². The summed E-state index contributed by atoms with van der Waals surface area (Å²) in [4.78, 5) is 6.66. The number of hydrogen-bond donors (Lipinski definition) is 2. The summed E-state index contributed by atoms with van der Waals surface area (Å²) in [6.45, 7) is 9.66. The normalized spacial score (nSPS) is 20.7. The molecule has 6 heteroatoms. The van der Waals surface area contributed by atoms with Gasteiger partial charge in [-0.05, 0) is 56.0 Å². The van der Waals surface area contributed by atoms with E-state index in [1.54, 1.807) is 19.3 Å². The molecular weight excluding hydrogens is 448 g/mol. The summed E-state index contributed by atoms with van der Waals surface area (Å²) in [6, 6.07) is 12.5. The van der Waals surface area contributed by atoms with Crippen molar-refractivity contribution in [2.24, 2.45) is 5.41 Å². The third kappa shape index (κ3) is 4.37. The Balaban J connectivity index is 1.50. The van der Waals surface area contributed by atoms with Crippen LogP contribution in [0, 0.1) is 17.3 Å². The molecule has 1 aromatic carbocycles. The number of nitrogens with zero attached hydrogens (tertiary/aromatic N) is 4. The van der Waals surface area contributed by atoms with Crippen molar-refractivity contribution in [2.45, 2.75) is 63.7 Å². The second kappa shape index (κ2) is 8.85. The van der Waals surface area contributed by atoms with Gasteiger partial charge in [0.1, 0.15) is 11.3 Å². The minimum absolute atomic E-state index is 0.379. The number of aliphatic hydroxyl groups is 2. The van der Waals surface area contributed by atoms with Crippen LogP contribution in [0.2, 0.25) is 0 Å². The summed E-state index contributed by atoms with van der Waals surface area (Å²) in [5.74, 6) is 6.48. The lowest BCUT2D eigenvalue weighted by molar-refractivity contribution is -0.127. The van der Waals surface area contributed by atoms with Gasteiger partial charge in [0.15, 0.2) is 5.60 Å². The average molecular weight is 485 g/mol. The molecule has 6 nitrogen and oxygen atoms in total. The molecule has 1 unspecified atom stereocenters. The second-order valence-corrected chi connectivity index (χ2v) is 11.4. The van der Waals surface area contributed by atoms with Crippen LogP contribution in [-0.4, -0.2) is 50.0 Å². The predicted molar refractivity (Wildman–Crippen MR) is 140 cm³/mol. The molecule has 188 valence electrons. The maximum absolute atomic E-state index is 12.4. The quantitative estimate of drug-likeness (QED) is 0.514. The zero-order chi connectivity index (χ0) is 25.7. The van der Waals surface area contributed by atoms with E-state index in [4.69, 9.17) is 0 Å². The molecule has 3 heterocycles. The van der Waals surface area contributed by atoms with Crippen LogP contribution in [0.3, 0.4) is 0 Å². The van der Waals surface area contributed by atoms with Crippen LogP contribution in [0.5, 0.6) is 0 Å². The van der Waals surface area contributed by atoms with E-state index in [-0.39, 0.29) is 5.41 Å². The van der Waals surface area contributed by atoms with Gasteiger partial charge in [-0.2, -0.15) is 5.10 Å². The van der Waals surface area contributed by atoms with Crippen LogP contribution in [-0.2, 0) is 11.2 Å². The maximum Gasteiger partial charge on any atom is 0.167 e. The van der Waals surface area contributed by atoms with E-state index in [1.807, 2.05) is 35.1 Å². The fourth-order valence-corrected chi connectivity index (χ4v) is 5.45. The van der Waals surface area contributed by atoms with Crippen LogP contribution >= 0.6 is 0 Å². The molecule has 36 heavy (non-hydrogen) atoms. The van der Waals surface area contributed by atoms with Gasteiger partial charge in [-0.3, -0.25) is 9.67 Å². The SMILES string of the molecule is CC(C)c1ccc([C@](O)(c2cncc(C#CC(C)(O)c3ccn(C4CC4)n3)c2)C2(C)CN(C)C2)cc1. The molecule has 1 aliphatic heterocycles. The highest BCUT2D eigenvalue weighted by atomic mass is 16.3. The van der Waals surface area contributed by atoms with E-state index in [0.29, 0.717) is 28.8 Å². The molecular formula is C30H36N4O2. The monoisotopic (exact) mass is 484 g/mol. The first-order valence-electron chi connectivity index (χ1n) is 12.8. The molecule has 1 saturated carbocycles. The molecule has 0 bridgehead atoms. The largest absolute Gasteiger partial charge is 0.380 e. The summed E-state index contributed by atoms with van der Waals surface area (Å²) in [6.07, 6.45) is 7.58. The van der Waals surface area contributed by atoms with Crippen LogP contribution in [0.15, 0.2) is 55.0 Å². The Labute approximate surface area is 214 Å². The highest BCUT2D eigenvalue weighted by Crippen LogP contribution is 2.50. The average Bonchev–Trinajstić information content (AvgIpc) is 3.57. The molecule has 2 N–H and O–H groups in total. The van der Waals surface area contributed by atoms with Crippen molar-refractivity contribution in [3.05, 3.63) is 82.9 Å². The lowest BCUT2D eigenvalue weighted by Crippen LogP contribution is -2.63. The van der Waals surface area contributed by atoms with Crippen molar-refractivity contribution in [1.82, 2.24) is 19.7 Å². The molecule has 2 fully saturated rings. The molecule has 5 rings (SSSR count). The summed E-state index contributed by atoms with van der Waals surface area (Å²) >= 11 is 0. The number of benzene rings is 1. The number of rotatable bonds is 6. The molecule has 2 aliphatic rings. The van der Waals surface area contributed by atoms with Crippen LogP contribution in [0.4, 0.5) is 0 Å². The lowest BCUT2D eigenvalue weighted by Gasteiger charge is -2.55. The van der Waals surface area contributed by atoms with Gasteiger partial charge >= 0.3 is 0 Å². The Morgan fingerprint density at radius 3 is 2.36 bits per heavy atom. The number of pyridine rings is 1. The Morgan fingerprint density at radius 1 is 1.06 bits per heavy atom. The van der Waals surface area contributed by atoms with Crippen molar-refractivity contribution in [1.29, 1.82) is 0 Å². The van der Waals surface area contributed by atoms with E-state index < -0.39 is 11.2 Å². The topological polar surface area (TPSA) is 74.4 Å². The number of hydrogen-bond acceptors (Lipinski definition) is 5. The van der Waals surface area contributed by atoms with Gasteiger partial charge in [0, 0.05) is 48.2 Å². The van der Waals surface area contributed by atoms with Crippen molar-refractivity contribution in [2.75, 3.05) is 20.1 Å². The fourth-order valence-electron chi connectivity index (χ4n) is 5.45. The Morgan fingerprint density at radius 2 is 1.75 bits per heavy atom. The zero-order valence-electron chi connectivity index (χ0n) is 21.9. The van der Waals surface area contributed by atoms with Crippen molar-refractivity contribution < 1.29 is 10.2 Å². The van der Waals surface area contributed by atoms with Gasteiger partial charge in [0.05, 0.1) is 6.04 Å². The Kier molecular flexibility index (Phi) is 6.07. The standard InChI is InChI=1S/C30H36N4O2/c1-21(2)23-6-8-24(9-7-23)30(36,28(3)19-33(5)20-28)25-16-22(17-31-18-25)12-14-29(4,35)27-13-15-34(32-27)26-10-11-26/h6-9,13,15-18,21,26,35-36H,10-11,19-20H2,1-5H3/t29?,30-/m0/s1. The molecule has 1 saturated heterocycles. The smallest absolute Gasteiger partial charge is 0.167 e. The summed E-state index contributed by atoms with van der Waals surface area (Å²) < 4.78 is 1.91. The zero-order valence-corrected chi connectivity index (χ0v) is 21.9. The maximum atomic E-state index is 12.4. The number of aromatic nitrogens is 3. The third-order valence-electron chi connectivity index (χ3n) is 7.74. The molecule has 2 atom stereocenters. The first-order chi connectivity index (χ1) is 17.0. The molecule has 3 aromatic rings. The van der Waals surface area contributed by atoms with Gasteiger partial charge < -0.3 is 15.1 Å². The van der Waals surface area contributed by atoms with Gasteiger partial charge in [-0.25, -0.2) is 0 Å². The Hall–Kier alpha value is -2.98. The van der Waals surface area contributed by atoms with Gasteiger partial charge in [0.25, 0.3) is 0 Å². The van der Waals surface area contributed by atoms with Crippen LogP contribution < -0.4 is 0 Å². The minimum Gasteiger partial charge on any atom is -0.380 e. The summed E-state index contributed by atoms with van der Waals surface area (Å²) in [5, 5.41) is 27.9. The third-order valence-corrected chi connectivity index (χ3v) is 7.74. The van der Waals surface area contributed by atoms with E-state index in [2.05, 4.69) is 66.8 Å². The van der Waals surface area contributed by atoms with E-state index >= 15 is 0 Å². The van der Waals surface area contributed by atoms with Crippen molar-refractivity contribution >= 4 is 0 Å². The molecule has 1 aliphatic carbocycles. The minimum atomic E-state index is -1.39. The highest BCUT2D eigenvalue weighted by Gasteiger charge is 2.55. The van der Waals surface area contributed by atoms with E-state index in [1.165, 1.54) is 5.56 Å². The van der Waals surface area contributed by atoms with E-state index in [9.17, 15) is 10.2 Å². The highest BCUT2D eigenvalue weighted by molar-refractivity contribution is 5.45. The van der Waals surface area contributed by atoms with E-state index in [0.717, 1.165) is 31.5 Å².